The summed E-state index contributed by atoms with van der Waals surface area (Å²) in [5.74, 6) is -2.51. The Balaban J connectivity index is 0.000000493. The van der Waals surface area contributed by atoms with Crippen LogP contribution in [0.25, 0.3) is 0 Å². The number of aryl methyl sites for hydroxylation is 1. The van der Waals surface area contributed by atoms with Crippen molar-refractivity contribution in [2.75, 3.05) is 30.3 Å². The smallest absolute Gasteiger partial charge is 0.328 e. The zero-order chi connectivity index (χ0) is 26.6. The number of halogens is 2. The highest BCUT2D eigenvalue weighted by Gasteiger charge is 2.31. The van der Waals surface area contributed by atoms with Crippen LogP contribution < -0.4 is 21.3 Å². The molecule has 6 N–H and O–H groups in total. The Hall–Kier alpha value is -3.60. The van der Waals surface area contributed by atoms with Crippen molar-refractivity contribution in [1.82, 2.24) is 10.6 Å². The Morgan fingerprint density at radius 2 is 1.67 bits per heavy atom. The van der Waals surface area contributed by atoms with E-state index in [1.165, 1.54) is 0 Å². The summed E-state index contributed by atoms with van der Waals surface area (Å²) in [5.41, 5.74) is 2.05. The summed E-state index contributed by atoms with van der Waals surface area (Å²) < 4.78 is 0. The first-order valence-electron chi connectivity index (χ1n) is 10.8. The summed E-state index contributed by atoms with van der Waals surface area (Å²) in [6.07, 6.45) is 3.56. The van der Waals surface area contributed by atoms with Crippen molar-refractivity contribution in [3.63, 3.8) is 0 Å². The molecule has 1 atom stereocenters. The number of carboxylic acids is 2. The van der Waals surface area contributed by atoms with E-state index in [4.69, 9.17) is 33.4 Å². The maximum Gasteiger partial charge on any atom is 0.328 e. The first-order valence-corrected chi connectivity index (χ1v) is 11.6. The monoisotopic (exact) mass is 535 g/mol. The van der Waals surface area contributed by atoms with Crippen LogP contribution in [-0.4, -0.2) is 59.7 Å². The molecular weight excluding hydrogens is 509 g/mol. The van der Waals surface area contributed by atoms with Crippen molar-refractivity contribution in [1.29, 1.82) is 0 Å². The molecule has 192 valence electrons. The van der Waals surface area contributed by atoms with E-state index in [9.17, 15) is 14.4 Å². The molecule has 2 aromatic rings. The highest BCUT2D eigenvalue weighted by molar-refractivity contribution is 6.39. The minimum Gasteiger partial charge on any atom is -0.478 e. The van der Waals surface area contributed by atoms with E-state index in [1.54, 1.807) is 18.2 Å². The van der Waals surface area contributed by atoms with Gasteiger partial charge in [-0.1, -0.05) is 47.0 Å². The second-order valence-corrected chi connectivity index (χ2v) is 8.50. The molecule has 0 bridgehead atoms. The van der Waals surface area contributed by atoms with Crippen LogP contribution in [0.4, 0.5) is 16.2 Å². The number of aliphatic carboxylic acids is 2. The molecule has 1 aliphatic rings. The van der Waals surface area contributed by atoms with Crippen LogP contribution in [0.15, 0.2) is 59.6 Å². The van der Waals surface area contributed by atoms with E-state index in [0.29, 0.717) is 53.9 Å². The first-order chi connectivity index (χ1) is 17.1. The second-order valence-electron chi connectivity index (χ2n) is 7.68. The normalized spacial score (nSPS) is 16.2. The maximum atomic E-state index is 12.1. The molecule has 0 spiro atoms. The standard InChI is InChI=1S/C20H23Cl2N5O.C4H4O4/c1-14-5-7-15(8-6-14)27-19(28)23-10-9-20(25-11-12-26-20)13-24-18-16(21)3-2-4-17(18)22;5-3(6)1-2-4(7)8/h2-8,11,24,26H,9-10,12-13H2,1H3,(H2,23,27,28);1-2H,(H,5,6)(H,7,8)/b;2-1-. The van der Waals surface area contributed by atoms with Crippen LogP contribution in [0.3, 0.4) is 0 Å². The van der Waals surface area contributed by atoms with Crippen molar-refractivity contribution < 1.29 is 24.6 Å². The van der Waals surface area contributed by atoms with E-state index in [0.717, 1.165) is 11.3 Å². The molecule has 0 radical (unpaired) electrons. The highest BCUT2D eigenvalue weighted by atomic mass is 35.5. The zero-order valence-corrected chi connectivity index (χ0v) is 20.9. The number of nitrogens with one attached hydrogen (secondary N) is 4. The largest absolute Gasteiger partial charge is 0.478 e. The molecule has 36 heavy (non-hydrogen) atoms. The summed E-state index contributed by atoms with van der Waals surface area (Å²) in [6, 6.07) is 12.8. The van der Waals surface area contributed by atoms with E-state index in [2.05, 4.69) is 26.3 Å². The molecule has 0 aromatic heterocycles. The fourth-order valence-electron chi connectivity index (χ4n) is 3.09. The molecule has 1 heterocycles. The van der Waals surface area contributed by atoms with E-state index >= 15 is 0 Å². The lowest BCUT2D eigenvalue weighted by atomic mass is 10.1. The van der Waals surface area contributed by atoms with Crippen molar-refractivity contribution in [2.45, 2.75) is 19.0 Å². The average Bonchev–Trinajstić information content (AvgIpc) is 3.28. The number of urea groups is 1. The Kier molecular flexibility index (Phi) is 11.2. The van der Waals surface area contributed by atoms with E-state index in [-0.39, 0.29) is 6.03 Å². The van der Waals surface area contributed by atoms with Crippen molar-refractivity contribution in [2.24, 2.45) is 4.99 Å². The lowest BCUT2D eigenvalue weighted by Crippen LogP contribution is -2.48. The lowest BCUT2D eigenvalue weighted by molar-refractivity contribution is -0.134. The Morgan fingerprint density at radius 1 is 1.06 bits per heavy atom. The van der Waals surface area contributed by atoms with Gasteiger partial charge in [0.05, 0.1) is 22.3 Å². The summed E-state index contributed by atoms with van der Waals surface area (Å²) in [7, 11) is 0. The predicted octanol–water partition coefficient (Wildman–Crippen LogP) is 4.01. The summed E-state index contributed by atoms with van der Waals surface area (Å²) in [6.45, 7) is 3.63. The quantitative estimate of drug-likeness (QED) is 0.265. The third kappa shape index (κ3) is 9.95. The molecule has 0 saturated heterocycles. The van der Waals surface area contributed by atoms with Gasteiger partial charge in [-0.3, -0.25) is 10.3 Å². The van der Waals surface area contributed by atoms with Gasteiger partial charge in [0, 0.05) is 43.6 Å². The number of carbonyl (C=O) groups excluding carboxylic acids is 1. The summed E-state index contributed by atoms with van der Waals surface area (Å²) in [4.78, 5) is 35.8. The minimum absolute atomic E-state index is 0.247. The van der Waals surface area contributed by atoms with Crippen LogP contribution in [-0.2, 0) is 9.59 Å². The fourth-order valence-corrected chi connectivity index (χ4v) is 3.62. The predicted molar refractivity (Wildman–Crippen MR) is 141 cm³/mol. The van der Waals surface area contributed by atoms with Gasteiger partial charge in [-0.15, -0.1) is 0 Å². The Morgan fingerprint density at radius 3 is 2.19 bits per heavy atom. The number of hydrogen-bond acceptors (Lipinski definition) is 6. The fraction of sp³-hybridized carbons (Fsp3) is 0.250. The molecular formula is C24H27Cl2N5O5. The number of hydrogen-bond donors (Lipinski definition) is 6. The third-order valence-electron chi connectivity index (χ3n) is 4.88. The highest BCUT2D eigenvalue weighted by Crippen LogP contribution is 2.30. The van der Waals surface area contributed by atoms with Gasteiger partial charge in [-0.05, 0) is 31.2 Å². The summed E-state index contributed by atoms with van der Waals surface area (Å²) in [5, 5.41) is 29.1. The number of anilines is 2. The number of aliphatic imine (C=N–C) groups is 1. The Bertz CT molecular complexity index is 1090. The van der Waals surface area contributed by atoms with E-state index < -0.39 is 17.6 Å². The van der Waals surface area contributed by atoms with Crippen molar-refractivity contribution >= 4 is 58.8 Å². The second kappa shape index (κ2) is 14.1. The van der Waals surface area contributed by atoms with E-state index in [1.807, 2.05) is 37.4 Å². The average molecular weight is 536 g/mol. The van der Waals surface area contributed by atoms with Gasteiger partial charge < -0.3 is 26.2 Å². The SMILES string of the molecule is Cc1ccc(NC(=O)NCCC2(CNc3c(Cl)cccc3Cl)N=CCN2)cc1.O=C(O)/C=C\C(=O)O. The van der Waals surface area contributed by atoms with Crippen LogP contribution >= 0.6 is 23.2 Å². The molecule has 3 rings (SSSR count). The van der Waals surface area contributed by atoms with Gasteiger partial charge in [0.15, 0.2) is 0 Å². The van der Waals surface area contributed by atoms with Crippen molar-refractivity contribution in [3.8, 4) is 0 Å². The molecule has 10 nitrogen and oxygen atoms in total. The molecule has 0 aliphatic carbocycles. The van der Waals surface area contributed by atoms with Gasteiger partial charge in [-0.25, -0.2) is 14.4 Å². The number of carbonyl (C=O) groups is 3. The number of para-hydroxylation sites is 1. The molecule has 1 aliphatic heterocycles. The van der Waals surface area contributed by atoms with Gasteiger partial charge >= 0.3 is 18.0 Å². The lowest BCUT2D eigenvalue weighted by Gasteiger charge is -2.28. The number of rotatable bonds is 9. The first kappa shape index (κ1) is 28.6. The molecule has 1 unspecified atom stereocenters. The number of nitrogens with zero attached hydrogens (tertiary/aromatic N) is 1. The molecule has 0 fully saturated rings. The third-order valence-corrected chi connectivity index (χ3v) is 5.51. The van der Waals surface area contributed by atoms with Crippen LogP contribution in [0.2, 0.25) is 10.0 Å². The number of carboxylic acid groups (broad SMARTS) is 2. The number of amides is 2. The van der Waals surface area contributed by atoms with Gasteiger partial charge in [0.2, 0.25) is 0 Å². The molecule has 2 aromatic carbocycles. The maximum absolute atomic E-state index is 12.1. The Labute approximate surface area is 218 Å². The molecule has 12 heteroatoms. The van der Waals surface area contributed by atoms with Crippen LogP contribution in [0.1, 0.15) is 12.0 Å². The minimum atomic E-state index is -1.26. The summed E-state index contributed by atoms with van der Waals surface area (Å²) >= 11 is 12.4. The molecule has 0 saturated carbocycles. The zero-order valence-electron chi connectivity index (χ0n) is 19.4. The van der Waals surface area contributed by atoms with Crippen LogP contribution in [0, 0.1) is 6.92 Å². The van der Waals surface area contributed by atoms with Crippen molar-refractivity contribution in [3.05, 3.63) is 70.2 Å². The topological polar surface area (TPSA) is 152 Å². The molecule has 2 amide bonds. The van der Waals surface area contributed by atoms with Gasteiger partial charge in [0.1, 0.15) is 5.66 Å². The number of benzene rings is 2. The van der Waals surface area contributed by atoms with Crippen LogP contribution in [0.5, 0.6) is 0 Å². The van der Waals surface area contributed by atoms with Gasteiger partial charge in [-0.2, -0.15) is 0 Å². The van der Waals surface area contributed by atoms with Gasteiger partial charge in [0.25, 0.3) is 0 Å².